The van der Waals surface area contributed by atoms with Crippen LogP contribution in [0.25, 0.3) is 0 Å². The van der Waals surface area contributed by atoms with Gasteiger partial charge in [0.05, 0.1) is 14.3 Å². The summed E-state index contributed by atoms with van der Waals surface area (Å²) >= 11 is 0. The highest BCUT2D eigenvalue weighted by Crippen LogP contribution is 1.83. The Morgan fingerprint density at radius 1 is 1.80 bits per heavy atom. The lowest BCUT2D eigenvalue weighted by atomic mass is 11.7. The molecule has 1 heterocycles. The number of aromatic amines is 1. The molecular weight excluding hydrogens is 85.0 g/mol. The van der Waals surface area contributed by atoms with Crippen LogP contribution < -0.4 is 0 Å². The van der Waals surface area contributed by atoms with E-state index in [0.29, 0.717) is 0 Å². The average molecular weight is 87.0 g/mol. The van der Waals surface area contributed by atoms with Crippen LogP contribution >= 0.6 is 8.35 Å². The number of hydrogen-bond donors (Lipinski definition) is 1. The van der Waals surface area contributed by atoms with E-state index in [9.17, 15) is 0 Å². The lowest BCUT2D eigenvalue weighted by molar-refractivity contribution is 0.958. The zero-order chi connectivity index (χ0) is 3.54. The molecule has 1 aromatic rings. The van der Waals surface area contributed by atoms with Crippen molar-refractivity contribution < 1.29 is 0 Å². The van der Waals surface area contributed by atoms with Crippen LogP contribution in [0, 0.1) is 0 Å². The van der Waals surface area contributed by atoms with Crippen molar-refractivity contribution in [1.82, 2.24) is 15.2 Å². The van der Waals surface area contributed by atoms with Crippen molar-refractivity contribution in [2.24, 2.45) is 0 Å². The quantitative estimate of drug-likeness (QED) is 0.497. The van der Waals surface area contributed by atoms with Gasteiger partial charge in [0.15, 0.2) is 0 Å². The van der Waals surface area contributed by atoms with E-state index in [-0.39, 0.29) is 0 Å². The van der Waals surface area contributed by atoms with Crippen molar-refractivity contribution >= 4 is 8.35 Å². The lowest BCUT2D eigenvalue weighted by Crippen LogP contribution is -1.60. The van der Waals surface area contributed by atoms with E-state index in [1.54, 1.807) is 5.93 Å². The fourth-order valence-corrected chi connectivity index (χ4v) is 0.387. The summed E-state index contributed by atoms with van der Waals surface area (Å²) in [5.41, 5.74) is 0. The monoisotopic (exact) mass is 87.0 g/mol. The van der Waals surface area contributed by atoms with Crippen LogP contribution in [0.3, 0.4) is 0 Å². The summed E-state index contributed by atoms with van der Waals surface area (Å²) in [4.78, 5) is 3.51. The van der Waals surface area contributed by atoms with Crippen molar-refractivity contribution in [1.29, 1.82) is 0 Å². The Bertz CT molecular complexity index is 63.4. The second-order valence-corrected chi connectivity index (χ2v) is 1.23. The molecule has 0 aliphatic rings. The average Bonchev–Trinajstić information content (AvgIpc) is 1.76. The molecule has 1 rings (SSSR count). The molecule has 26 valence electrons. The summed E-state index contributed by atoms with van der Waals surface area (Å²) in [5.74, 6) is 1.75. The molecule has 0 fully saturated rings. The minimum Gasteiger partial charge on any atom is -0.261 e. The third-order valence-corrected chi connectivity index (χ3v) is 0.693. The maximum Gasteiger partial charge on any atom is 0.0846 e. The van der Waals surface area contributed by atoms with Crippen molar-refractivity contribution in [2.75, 3.05) is 0 Å². The number of rotatable bonds is 0. The molecule has 0 aliphatic heterocycles. The van der Waals surface area contributed by atoms with Gasteiger partial charge in [0, 0.05) is 0 Å². The van der Waals surface area contributed by atoms with Crippen molar-refractivity contribution in [3.63, 3.8) is 0 Å². The van der Waals surface area contributed by atoms with Gasteiger partial charge in [0.1, 0.15) is 0 Å². The number of aromatic nitrogens is 3. The van der Waals surface area contributed by atoms with Gasteiger partial charge in [-0.15, -0.1) is 4.86 Å². The second-order valence-electron chi connectivity index (χ2n) is 0.563. The van der Waals surface area contributed by atoms with E-state index in [1.807, 2.05) is 0 Å². The normalized spacial score (nSPS) is 9.60. The molecule has 1 N–H and O–H groups in total. The maximum atomic E-state index is 3.51. The van der Waals surface area contributed by atoms with E-state index in [1.165, 1.54) is 0 Å². The van der Waals surface area contributed by atoms with Gasteiger partial charge in [-0.1, -0.05) is 5.21 Å². The first-order valence-corrected chi connectivity index (χ1v) is 2.09. The Kier molecular flexibility index (Phi) is 0.630. The summed E-state index contributed by atoms with van der Waals surface area (Å²) < 4.78 is 0. The molecule has 0 saturated heterocycles. The van der Waals surface area contributed by atoms with Gasteiger partial charge in [-0.05, 0) is 0 Å². The molecule has 0 unspecified atom stereocenters. The van der Waals surface area contributed by atoms with E-state index in [2.05, 4.69) is 15.2 Å². The summed E-state index contributed by atoms with van der Waals surface area (Å²) in [7, 11) is 0.914. The maximum absolute atomic E-state index is 3.51. The highest BCUT2D eigenvalue weighted by molar-refractivity contribution is 7.24. The van der Waals surface area contributed by atoms with Crippen LogP contribution in [-0.4, -0.2) is 15.2 Å². The van der Waals surface area contributed by atoms with Gasteiger partial charge in [0.25, 0.3) is 0 Å². The van der Waals surface area contributed by atoms with Crippen molar-refractivity contribution in [2.45, 2.75) is 0 Å². The molecular formula is CH2N3P. The predicted molar refractivity (Wildman–Crippen MR) is 18.9 cm³/mol. The van der Waals surface area contributed by atoms with E-state index in [0.717, 1.165) is 8.35 Å². The van der Waals surface area contributed by atoms with E-state index < -0.39 is 0 Å². The molecule has 0 amide bonds. The number of hydrogen-bond acceptors (Lipinski definition) is 2. The first kappa shape index (κ1) is 2.79. The summed E-state index contributed by atoms with van der Waals surface area (Å²) in [5, 5.41) is 5.93. The zero-order valence-electron chi connectivity index (χ0n) is 2.42. The molecule has 0 saturated carbocycles. The van der Waals surface area contributed by atoms with Gasteiger partial charge in [-0.3, -0.25) is 5.10 Å². The Hall–Kier alpha value is -0.430. The van der Waals surface area contributed by atoms with E-state index in [4.69, 9.17) is 0 Å². The highest BCUT2D eigenvalue weighted by Gasteiger charge is 1.59. The standard InChI is InChI=1S/CH2N3P/c1-2-3-4-5-1/h1H,(H,2,3,4). The van der Waals surface area contributed by atoms with Crippen LogP contribution in [0.15, 0.2) is 5.93 Å². The Balaban J connectivity index is 3.13. The summed E-state index contributed by atoms with van der Waals surface area (Å²) in [6.07, 6.45) is 0. The van der Waals surface area contributed by atoms with Gasteiger partial charge in [-0.2, -0.15) is 0 Å². The topological polar surface area (TPSA) is 41.6 Å². The van der Waals surface area contributed by atoms with Crippen LogP contribution in [0.4, 0.5) is 0 Å². The molecule has 0 aromatic carbocycles. The fourth-order valence-electron chi connectivity index (χ4n) is 0.129. The summed E-state index contributed by atoms with van der Waals surface area (Å²) in [6.45, 7) is 0. The smallest absolute Gasteiger partial charge is 0.0846 e. The zero-order valence-corrected chi connectivity index (χ0v) is 3.31. The minimum absolute atomic E-state index is 0.914. The predicted octanol–water partition coefficient (Wildman–Crippen LogP) is 0.385. The fraction of sp³-hybridized carbons (Fsp3) is 0. The Morgan fingerprint density at radius 3 is 3.00 bits per heavy atom. The Labute approximate surface area is 30.6 Å². The van der Waals surface area contributed by atoms with E-state index >= 15 is 0 Å². The first-order chi connectivity index (χ1) is 2.50. The van der Waals surface area contributed by atoms with Gasteiger partial charge >= 0.3 is 0 Å². The van der Waals surface area contributed by atoms with Gasteiger partial charge in [-0.25, -0.2) is 0 Å². The molecule has 0 radical (unpaired) electrons. The van der Waals surface area contributed by atoms with Crippen LogP contribution in [0.1, 0.15) is 0 Å². The van der Waals surface area contributed by atoms with Gasteiger partial charge < -0.3 is 0 Å². The van der Waals surface area contributed by atoms with Crippen molar-refractivity contribution in [3.05, 3.63) is 5.93 Å². The number of nitrogens with one attached hydrogen (secondary N) is 1. The minimum atomic E-state index is 0.914. The number of H-pyrrole nitrogens is 1. The molecule has 0 aliphatic carbocycles. The molecule has 4 heteroatoms. The van der Waals surface area contributed by atoms with Crippen LogP contribution in [0.2, 0.25) is 0 Å². The highest BCUT2D eigenvalue weighted by atomic mass is 31.0. The molecule has 0 atom stereocenters. The third-order valence-electron chi connectivity index (χ3n) is 0.270. The lowest BCUT2D eigenvalue weighted by Gasteiger charge is -1.45. The molecule has 0 bridgehead atoms. The van der Waals surface area contributed by atoms with Crippen LogP contribution in [0.5, 0.6) is 0 Å². The second kappa shape index (κ2) is 1.13. The van der Waals surface area contributed by atoms with Gasteiger partial charge in [0.2, 0.25) is 0 Å². The largest absolute Gasteiger partial charge is 0.261 e. The van der Waals surface area contributed by atoms with Crippen molar-refractivity contribution in [3.8, 4) is 0 Å². The summed E-state index contributed by atoms with van der Waals surface area (Å²) in [6, 6.07) is 0. The Morgan fingerprint density at radius 2 is 2.80 bits per heavy atom. The SMILES string of the molecule is c1[nH]nnp1. The molecule has 3 nitrogen and oxygen atoms in total. The molecule has 0 spiro atoms. The number of nitrogens with zero attached hydrogens (tertiary/aromatic N) is 2. The third kappa shape index (κ3) is 0.421. The first-order valence-electron chi connectivity index (χ1n) is 1.17. The molecule has 5 heavy (non-hydrogen) atoms. The molecule has 1 aromatic heterocycles. The van der Waals surface area contributed by atoms with Crippen LogP contribution in [-0.2, 0) is 0 Å².